The molecule has 6 heteroatoms. The first-order valence-electron chi connectivity index (χ1n) is 10.2. The lowest BCUT2D eigenvalue weighted by Gasteiger charge is -2.16. The van der Waals surface area contributed by atoms with Gasteiger partial charge in [-0.3, -0.25) is 4.98 Å². The minimum atomic E-state index is -0.455. The maximum atomic E-state index is 10.5. The molecule has 0 amide bonds. The zero-order valence-corrected chi connectivity index (χ0v) is 17.3. The molecule has 2 N–H and O–H groups in total. The van der Waals surface area contributed by atoms with Crippen LogP contribution in [0.4, 0.5) is 5.13 Å². The van der Waals surface area contributed by atoms with E-state index in [0.717, 1.165) is 43.3 Å². The Bertz CT molecular complexity index is 1410. The number of para-hydroxylation sites is 1. The summed E-state index contributed by atoms with van der Waals surface area (Å²) in [5.74, 6) is 1.53. The second-order valence-corrected chi connectivity index (χ2v) is 8.70. The van der Waals surface area contributed by atoms with Crippen molar-refractivity contribution in [2.45, 2.75) is 18.6 Å². The van der Waals surface area contributed by atoms with Gasteiger partial charge < -0.3 is 15.2 Å². The number of ether oxygens (including phenoxy) is 1. The number of pyridine rings is 1. The van der Waals surface area contributed by atoms with Crippen LogP contribution in [0.25, 0.3) is 21.1 Å². The van der Waals surface area contributed by atoms with E-state index in [0.29, 0.717) is 6.42 Å². The van der Waals surface area contributed by atoms with Crippen LogP contribution in [-0.4, -0.2) is 21.2 Å². The fourth-order valence-electron chi connectivity index (χ4n) is 4.20. The SMILES string of the molecule is O[C@H]1Cc2ccccc2C1Nc1nc2ccc(Oc3ccnc4ccccc34)cc2s1. The van der Waals surface area contributed by atoms with Crippen LogP contribution in [0.15, 0.2) is 79.0 Å². The molecule has 0 saturated heterocycles. The number of aromatic nitrogens is 2. The van der Waals surface area contributed by atoms with Crippen molar-refractivity contribution in [1.29, 1.82) is 0 Å². The molecule has 0 spiro atoms. The van der Waals surface area contributed by atoms with Gasteiger partial charge in [-0.25, -0.2) is 4.98 Å². The van der Waals surface area contributed by atoms with E-state index in [2.05, 4.69) is 22.4 Å². The highest BCUT2D eigenvalue weighted by Gasteiger charge is 2.31. The highest BCUT2D eigenvalue weighted by Crippen LogP contribution is 2.38. The molecule has 2 aromatic heterocycles. The average molecular weight is 426 g/mol. The minimum absolute atomic E-state index is 0.143. The summed E-state index contributed by atoms with van der Waals surface area (Å²) in [7, 11) is 0. The number of benzene rings is 3. The number of nitrogens with one attached hydrogen (secondary N) is 1. The van der Waals surface area contributed by atoms with Crippen LogP contribution < -0.4 is 10.1 Å². The Labute approximate surface area is 183 Å². The number of aliphatic hydroxyl groups excluding tert-OH is 1. The molecule has 0 saturated carbocycles. The lowest BCUT2D eigenvalue weighted by atomic mass is 10.1. The maximum absolute atomic E-state index is 10.5. The van der Waals surface area contributed by atoms with Crippen LogP contribution in [0.2, 0.25) is 0 Å². The number of hydrogen-bond acceptors (Lipinski definition) is 6. The molecular formula is C25H19N3O2S. The molecule has 0 bridgehead atoms. The first-order valence-corrected chi connectivity index (χ1v) is 11.0. The number of aliphatic hydroxyl groups is 1. The molecule has 3 aromatic carbocycles. The van der Waals surface area contributed by atoms with Gasteiger partial charge in [-0.15, -0.1) is 0 Å². The fraction of sp³-hybridized carbons (Fsp3) is 0.120. The second kappa shape index (κ2) is 7.34. The van der Waals surface area contributed by atoms with Gasteiger partial charge in [-0.2, -0.15) is 0 Å². The van der Waals surface area contributed by atoms with Crippen molar-refractivity contribution in [2.24, 2.45) is 0 Å². The summed E-state index contributed by atoms with van der Waals surface area (Å²) >= 11 is 1.56. The number of anilines is 1. The summed E-state index contributed by atoms with van der Waals surface area (Å²) in [6.07, 6.45) is 1.97. The quantitative estimate of drug-likeness (QED) is 0.386. The van der Waals surface area contributed by atoms with Crippen LogP contribution in [0.5, 0.6) is 11.5 Å². The molecule has 5 aromatic rings. The topological polar surface area (TPSA) is 67.3 Å². The molecule has 31 heavy (non-hydrogen) atoms. The smallest absolute Gasteiger partial charge is 0.184 e. The van der Waals surface area contributed by atoms with Crippen molar-refractivity contribution in [3.63, 3.8) is 0 Å². The van der Waals surface area contributed by atoms with Crippen LogP contribution in [0.1, 0.15) is 17.2 Å². The van der Waals surface area contributed by atoms with Gasteiger partial charge in [0.2, 0.25) is 0 Å². The molecule has 0 radical (unpaired) electrons. The molecule has 152 valence electrons. The molecule has 0 fully saturated rings. The van der Waals surface area contributed by atoms with Gasteiger partial charge in [0.05, 0.1) is 27.9 Å². The van der Waals surface area contributed by atoms with Crippen molar-refractivity contribution in [3.8, 4) is 11.5 Å². The fourth-order valence-corrected chi connectivity index (χ4v) is 5.13. The van der Waals surface area contributed by atoms with E-state index in [1.165, 1.54) is 5.56 Å². The van der Waals surface area contributed by atoms with Crippen molar-refractivity contribution >= 4 is 37.6 Å². The van der Waals surface area contributed by atoms with E-state index in [4.69, 9.17) is 9.72 Å². The van der Waals surface area contributed by atoms with Gasteiger partial charge in [-0.05, 0) is 41.5 Å². The predicted octanol–water partition coefficient (Wildman–Crippen LogP) is 5.71. The van der Waals surface area contributed by atoms with E-state index < -0.39 is 6.10 Å². The molecule has 2 atom stereocenters. The molecule has 5 nitrogen and oxygen atoms in total. The molecular weight excluding hydrogens is 406 g/mol. The number of rotatable bonds is 4. The zero-order valence-electron chi connectivity index (χ0n) is 16.5. The standard InChI is InChI=1S/C25H19N3O2S/c29-21-13-15-5-1-2-6-17(15)24(21)28-25-27-20-10-9-16(14-23(20)31-25)30-22-11-12-26-19-8-4-3-7-18(19)22/h1-12,14,21,24,29H,13H2,(H,27,28)/t21-,24?/m0/s1. The monoisotopic (exact) mass is 425 g/mol. The highest BCUT2D eigenvalue weighted by atomic mass is 32.1. The van der Waals surface area contributed by atoms with Crippen LogP contribution in [0.3, 0.4) is 0 Å². The Kier molecular flexibility index (Phi) is 4.33. The minimum Gasteiger partial charge on any atom is -0.457 e. The second-order valence-electron chi connectivity index (χ2n) is 7.67. The molecule has 1 unspecified atom stereocenters. The van der Waals surface area contributed by atoms with Gasteiger partial charge in [0.15, 0.2) is 5.13 Å². The van der Waals surface area contributed by atoms with E-state index in [1.807, 2.05) is 60.7 Å². The van der Waals surface area contributed by atoms with Crippen molar-refractivity contribution < 1.29 is 9.84 Å². The third kappa shape index (κ3) is 3.30. The molecule has 1 aliphatic carbocycles. The Balaban J connectivity index is 1.29. The van der Waals surface area contributed by atoms with Crippen LogP contribution in [0, 0.1) is 0 Å². The maximum Gasteiger partial charge on any atom is 0.184 e. The first-order chi connectivity index (χ1) is 15.2. The highest BCUT2D eigenvalue weighted by molar-refractivity contribution is 7.22. The van der Waals surface area contributed by atoms with E-state index in [-0.39, 0.29) is 6.04 Å². The van der Waals surface area contributed by atoms with Gasteiger partial charge in [-0.1, -0.05) is 47.7 Å². The van der Waals surface area contributed by atoms with E-state index in [9.17, 15) is 5.11 Å². The number of fused-ring (bicyclic) bond motifs is 3. The van der Waals surface area contributed by atoms with Gasteiger partial charge >= 0.3 is 0 Å². The summed E-state index contributed by atoms with van der Waals surface area (Å²) in [5, 5.41) is 15.7. The zero-order chi connectivity index (χ0) is 20.8. The summed E-state index contributed by atoms with van der Waals surface area (Å²) < 4.78 is 7.21. The van der Waals surface area contributed by atoms with Crippen molar-refractivity contribution in [3.05, 3.63) is 90.1 Å². The first kappa shape index (κ1) is 18.3. The molecule has 2 heterocycles. The van der Waals surface area contributed by atoms with Gasteiger partial charge in [0.1, 0.15) is 11.5 Å². The summed E-state index contributed by atoms with van der Waals surface area (Å²) in [6, 6.07) is 23.7. The Morgan fingerprint density at radius 3 is 2.81 bits per heavy atom. The molecule has 6 rings (SSSR count). The van der Waals surface area contributed by atoms with Crippen molar-refractivity contribution in [2.75, 3.05) is 5.32 Å². The lowest BCUT2D eigenvalue weighted by molar-refractivity contribution is 0.166. The summed E-state index contributed by atoms with van der Waals surface area (Å²) in [4.78, 5) is 9.10. The largest absolute Gasteiger partial charge is 0.457 e. The number of nitrogens with zero attached hydrogens (tertiary/aromatic N) is 2. The normalized spacial score (nSPS) is 17.7. The average Bonchev–Trinajstić information content (AvgIpc) is 3.34. The van der Waals surface area contributed by atoms with Crippen LogP contribution >= 0.6 is 11.3 Å². The molecule has 1 aliphatic rings. The Morgan fingerprint density at radius 2 is 1.84 bits per heavy atom. The van der Waals surface area contributed by atoms with Crippen LogP contribution in [-0.2, 0) is 6.42 Å². The number of thiazole rings is 1. The predicted molar refractivity (Wildman–Crippen MR) is 124 cm³/mol. The molecule has 0 aliphatic heterocycles. The third-order valence-corrected chi connectivity index (χ3v) is 6.63. The summed E-state index contributed by atoms with van der Waals surface area (Å²) in [5.41, 5.74) is 4.14. The Morgan fingerprint density at radius 1 is 0.968 bits per heavy atom. The van der Waals surface area contributed by atoms with E-state index >= 15 is 0 Å². The van der Waals surface area contributed by atoms with E-state index in [1.54, 1.807) is 17.5 Å². The lowest BCUT2D eigenvalue weighted by Crippen LogP contribution is -2.20. The van der Waals surface area contributed by atoms with Crippen molar-refractivity contribution in [1.82, 2.24) is 9.97 Å². The summed E-state index contributed by atoms with van der Waals surface area (Å²) in [6.45, 7) is 0. The number of hydrogen-bond donors (Lipinski definition) is 2. The third-order valence-electron chi connectivity index (χ3n) is 5.68. The van der Waals surface area contributed by atoms with Gasteiger partial charge in [0, 0.05) is 24.1 Å². The van der Waals surface area contributed by atoms with Gasteiger partial charge in [0.25, 0.3) is 0 Å². The Hall–Kier alpha value is -3.48.